The molecule has 0 radical (unpaired) electrons. The molecule has 1 aliphatic carbocycles. The van der Waals surface area contributed by atoms with Gasteiger partial charge in [0.15, 0.2) is 0 Å². The molecule has 1 aliphatic rings. The van der Waals surface area contributed by atoms with Crippen LogP contribution in [0.1, 0.15) is 54.0 Å². The van der Waals surface area contributed by atoms with Crippen LogP contribution < -0.4 is 0 Å². The standard InChI is InChI=1S/C24H26O/c1-3-18-12-17(13-19-8-6-10-22(18)19)11-16(2)24-15-21(25)14-20-7-4-5-9-23(20)24/h4-5,7,9,12-16,25H,3,6,8,10-11H2,1-2H3. The van der Waals surface area contributed by atoms with Gasteiger partial charge in [0.1, 0.15) is 5.75 Å². The van der Waals surface area contributed by atoms with Crippen LogP contribution in [-0.2, 0) is 25.7 Å². The highest BCUT2D eigenvalue weighted by Crippen LogP contribution is 2.34. The molecule has 0 aromatic heterocycles. The van der Waals surface area contributed by atoms with Crippen molar-refractivity contribution in [1.29, 1.82) is 0 Å². The van der Waals surface area contributed by atoms with Gasteiger partial charge in [-0.25, -0.2) is 0 Å². The summed E-state index contributed by atoms with van der Waals surface area (Å²) in [5.41, 5.74) is 7.41. The quantitative estimate of drug-likeness (QED) is 0.627. The third-order valence-corrected chi connectivity index (χ3v) is 5.70. The Morgan fingerprint density at radius 1 is 1.04 bits per heavy atom. The second-order valence-electron chi connectivity index (χ2n) is 7.46. The van der Waals surface area contributed by atoms with Gasteiger partial charge in [-0.1, -0.05) is 50.2 Å². The SMILES string of the molecule is CCc1cc(CC(C)c2cc(O)cc3ccccc23)cc2c1CCC2. The Bertz CT molecular complexity index is 923. The number of hydrogen-bond acceptors (Lipinski definition) is 1. The minimum atomic E-state index is 0.365. The largest absolute Gasteiger partial charge is 0.508 e. The van der Waals surface area contributed by atoms with Crippen molar-refractivity contribution in [2.24, 2.45) is 0 Å². The lowest BCUT2D eigenvalue weighted by Gasteiger charge is -2.17. The van der Waals surface area contributed by atoms with E-state index in [2.05, 4.69) is 44.2 Å². The molecule has 0 aliphatic heterocycles. The molecule has 0 saturated heterocycles. The summed E-state index contributed by atoms with van der Waals surface area (Å²) in [4.78, 5) is 0. The van der Waals surface area contributed by atoms with Gasteiger partial charge in [-0.05, 0) is 88.7 Å². The fourth-order valence-electron chi connectivity index (χ4n) is 4.50. The van der Waals surface area contributed by atoms with Crippen LogP contribution in [0.2, 0.25) is 0 Å². The number of phenolic OH excluding ortho intramolecular Hbond substituents is 1. The highest BCUT2D eigenvalue weighted by atomic mass is 16.3. The molecule has 0 spiro atoms. The van der Waals surface area contributed by atoms with Gasteiger partial charge in [0.2, 0.25) is 0 Å². The average molecular weight is 330 g/mol. The van der Waals surface area contributed by atoms with E-state index in [1.165, 1.54) is 41.3 Å². The zero-order chi connectivity index (χ0) is 17.4. The predicted molar refractivity (Wildman–Crippen MR) is 106 cm³/mol. The maximum atomic E-state index is 10.1. The first-order chi connectivity index (χ1) is 12.2. The van der Waals surface area contributed by atoms with Gasteiger partial charge >= 0.3 is 0 Å². The summed E-state index contributed by atoms with van der Waals surface area (Å²) in [5, 5.41) is 12.5. The van der Waals surface area contributed by atoms with Crippen LogP contribution in [0.3, 0.4) is 0 Å². The van der Waals surface area contributed by atoms with Crippen molar-refractivity contribution in [2.45, 2.75) is 51.9 Å². The molecule has 0 saturated carbocycles. The lowest BCUT2D eigenvalue weighted by molar-refractivity contribution is 0.475. The minimum Gasteiger partial charge on any atom is -0.508 e. The van der Waals surface area contributed by atoms with E-state index < -0.39 is 0 Å². The molecule has 3 aromatic carbocycles. The van der Waals surface area contributed by atoms with Crippen LogP contribution in [0.25, 0.3) is 10.8 Å². The molecule has 1 nitrogen and oxygen atoms in total. The molecule has 0 bridgehead atoms. The first-order valence-corrected chi connectivity index (χ1v) is 9.51. The van der Waals surface area contributed by atoms with E-state index in [1.54, 1.807) is 11.1 Å². The number of aryl methyl sites for hydroxylation is 2. The Morgan fingerprint density at radius 2 is 1.88 bits per heavy atom. The number of aromatic hydroxyl groups is 1. The van der Waals surface area contributed by atoms with Gasteiger partial charge in [0, 0.05) is 0 Å². The molecule has 0 heterocycles. The van der Waals surface area contributed by atoms with Crippen molar-refractivity contribution in [2.75, 3.05) is 0 Å². The second kappa shape index (κ2) is 6.55. The third kappa shape index (κ3) is 3.04. The average Bonchev–Trinajstić information content (AvgIpc) is 3.08. The van der Waals surface area contributed by atoms with Crippen LogP contribution in [0.15, 0.2) is 48.5 Å². The van der Waals surface area contributed by atoms with Crippen LogP contribution in [0.5, 0.6) is 5.75 Å². The van der Waals surface area contributed by atoms with E-state index in [1.807, 2.05) is 18.2 Å². The molecule has 1 N–H and O–H groups in total. The molecule has 1 atom stereocenters. The van der Waals surface area contributed by atoms with Gasteiger partial charge in [-0.2, -0.15) is 0 Å². The number of fused-ring (bicyclic) bond motifs is 2. The molecular weight excluding hydrogens is 304 g/mol. The first-order valence-electron chi connectivity index (χ1n) is 9.51. The second-order valence-corrected chi connectivity index (χ2v) is 7.46. The number of phenols is 1. The first kappa shape index (κ1) is 16.2. The molecule has 25 heavy (non-hydrogen) atoms. The predicted octanol–water partition coefficient (Wildman–Crippen LogP) is 5.94. The van der Waals surface area contributed by atoms with Crippen molar-refractivity contribution >= 4 is 10.8 Å². The zero-order valence-corrected chi connectivity index (χ0v) is 15.2. The summed E-state index contributed by atoms with van der Waals surface area (Å²) in [6.07, 6.45) is 5.94. The van der Waals surface area contributed by atoms with Crippen molar-refractivity contribution < 1.29 is 5.11 Å². The summed E-state index contributed by atoms with van der Waals surface area (Å²) in [6, 6.07) is 17.0. The van der Waals surface area contributed by atoms with E-state index in [9.17, 15) is 5.11 Å². The van der Waals surface area contributed by atoms with Gasteiger partial charge in [0.25, 0.3) is 0 Å². The van der Waals surface area contributed by atoms with Gasteiger partial charge in [-0.3, -0.25) is 0 Å². The molecule has 128 valence electrons. The summed E-state index contributed by atoms with van der Waals surface area (Å²) >= 11 is 0. The molecule has 1 heteroatoms. The van der Waals surface area contributed by atoms with Crippen molar-refractivity contribution in [3.8, 4) is 5.75 Å². The molecule has 0 amide bonds. The fourth-order valence-corrected chi connectivity index (χ4v) is 4.50. The van der Waals surface area contributed by atoms with Gasteiger partial charge in [0.05, 0.1) is 0 Å². The fraction of sp³-hybridized carbons (Fsp3) is 0.333. The maximum Gasteiger partial charge on any atom is 0.116 e. The van der Waals surface area contributed by atoms with Crippen molar-refractivity contribution in [1.82, 2.24) is 0 Å². The number of rotatable bonds is 4. The zero-order valence-electron chi connectivity index (χ0n) is 15.2. The number of benzene rings is 3. The van der Waals surface area contributed by atoms with E-state index in [4.69, 9.17) is 0 Å². The Hall–Kier alpha value is -2.28. The van der Waals surface area contributed by atoms with E-state index in [-0.39, 0.29) is 0 Å². The van der Waals surface area contributed by atoms with Gasteiger partial charge < -0.3 is 5.11 Å². The van der Waals surface area contributed by atoms with Crippen LogP contribution in [-0.4, -0.2) is 5.11 Å². The molecule has 1 unspecified atom stereocenters. The number of hydrogen-bond donors (Lipinski definition) is 1. The summed E-state index contributed by atoms with van der Waals surface area (Å²) < 4.78 is 0. The Labute approximate surface area is 150 Å². The normalized spacial score (nSPS) is 14.6. The summed E-state index contributed by atoms with van der Waals surface area (Å²) in [5.74, 6) is 0.741. The lowest BCUT2D eigenvalue weighted by Crippen LogP contribution is -2.02. The Balaban J connectivity index is 1.70. The van der Waals surface area contributed by atoms with Crippen LogP contribution in [0.4, 0.5) is 0 Å². The summed E-state index contributed by atoms with van der Waals surface area (Å²) in [6.45, 7) is 4.55. The maximum absolute atomic E-state index is 10.1. The molecule has 0 fully saturated rings. The third-order valence-electron chi connectivity index (χ3n) is 5.70. The lowest BCUT2D eigenvalue weighted by atomic mass is 9.87. The van der Waals surface area contributed by atoms with E-state index in [0.29, 0.717) is 11.7 Å². The van der Waals surface area contributed by atoms with Crippen LogP contribution >= 0.6 is 0 Å². The van der Waals surface area contributed by atoms with Crippen molar-refractivity contribution in [3.05, 3.63) is 76.3 Å². The Morgan fingerprint density at radius 3 is 2.72 bits per heavy atom. The highest BCUT2D eigenvalue weighted by Gasteiger charge is 2.17. The smallest absolute Gasteiger partial charge is 0.116 e. The molecular formula is C24H26O. The summed E-state index contributed by atoms with van der Waals surface area (Å²) in [7, 11) is 0. The van der Waals surface area contributed by atoms with E-state index in [0.717, 1.165) is 18.2 Å². The highest BCUT2D eigenvalue weighted by molar-refractivity contribution is 5.87. The van der Waals surface area contributed by atoms with Crippen LogP contribution in [0, 0.1) is 0 Å². The van der Waals surface area contributed by atoms with Gasteiger partial charge in [-0.15, -0.1) is 0 Å². The van der Waals surface area contributed by atoms with E-state index >= 15 is 0 Å². The Kier molecular flexibility index (Phi) is 4.25. The minimum absolute atomic E-state index is 0.365. The van der Waals surface area contributed by atoms with Crippen molar-refractivity contribution in [3.63, 3.8) is 0 Å². The molecule has 3 aromatic rings. The monoisotopic (exact) mass is 330 g/mol. The molecule has 4 rings (SSSR count). The topological polar surface area (TPSA) is 20.2 Å².